The molecule has 0 N–H and O–H groups in total. The minimum absolute atomic E-state index is 1.34. The summed E-state index contributed by atoms with van der Waals surface area (Å²) in [6.45, 7) is 0. The van der Waals surface area contributed by atoms with E-state index in [1.807, 2.05) is 0 Å². The zero-order valence-corrected chi connectivity index (χ0v) is 5.11. The molecule has 0 aliphatic heterocycles. The minimum atomic E-state index is 1.34. The maximum absolute atomic E-state index is 2.42. The van der Waals surface area contributed by atoms with Crippen LogP contribution in [-0.2, 0) is 0 Å². The van der Waals surface area contributed by atoms with Gasteiger partial charge in [-0.25, -0.2) is 0 Å². The van der Waals surface area contributed by atoms with Crippen LogP contribution in [0.25, 0.3) is 0 Å². The van der Waals surface area contributed by atoms with E-state index in [1.165, 1.54) is 32.1 Å². The number of hydrogen-bond donors (Lipinski definition) is 0. The number of rotatable bonds is 0. The maximum atomic E-state index is 2.42. The molecule has 0 nitrogen and oxygen atoms in total. The van der Waals surface area contributed by atoms with Crippen molar-refractivity contribution >= 4 is 0 Å². The van der Waals surface area contributed by atoms with Crippen LogP contribution >= 0.6 is 0 Å². The summed E-state index contributed by atoms with van der Waals surface area (Å²) < 4.78 is 0. The van der Waals surface area contributed by atoms with Crippen molar-refractivity contribution in [2.75, 3.05) is 0 Å². The average molecular weight is 107 g/mol. The van der Waals surface area contributed by atoms with Crippen molar-refractivity contribution in [3.05, 3.63) is 17.6 Å². The zero-order chi connectivity index (χ0) is 5.40. The van der Waals surface area contributed by atoms with Crippen molar-refractivity contribution in [1.29, 1.82) is 0 Å². The standard InChI is InChI=1S/C8H11/c1-3-7-5-2-6-8(7)4-1/h3H,1-2,4-6H2. The van der Waals surface area contributed by atoms with E-state index in [0.717, 1.165) is 0 Å². The summed E-state index contributed by atoms with van der Waals surface area (Å²) in [6, 6.07) is 0. The lowest BCUT2D eigenvalue weighted by atomic mass is 10.2. The average Bonchev–Trinajstić information content (AvgIpc) is 2.15. The second-order valence-corrected chi connectivity index (χ2v) is 2.73. The van der Waals surface area contributed by atoms with Gasteiger partial charge in [-0.1, -0.05) is 11.1 Å². The van der Waals surface area contributed by atoms with Crippen molar-refractivity contribution in [2.45, 2.75) is 32.1 Å². The lowest BCUT2D eigenvalue weighted by Gasteiger charge is -1.90. The molecule has 0 heterocycles. The largest absolute Gasteiger partial charge is 0.0707 e. The predicted octanol–water partition coefficient (Wildman–Crippen LogP) is 2.46. The van der Waals surface area contributed by atoms with Gasteiger partial charge in [0.15, 0.2) is 0 Å². The molecule has 2 aliphatic rings. The highest BCUT2D eigenvalue weighted by atomic mass is 14.2. The molecule has 0 saturated carbocycles. The molecule has 0 fully saturated rings. The van der Waals surface area contributed by atoms with Gasteiger partial charge in [-0.15, -0.1) is 0 Å². The fraction of sp³-hybridized carbons (Fsp3) is 0.625. The summed E-state index contributed by atoms with van der Waals surface area (Å²) in [7, 11) is 0. The molecule has 0 saturated heterocycles. The van der Waals surface area contributed by atoms with E-state index in [1.54, 1.807) is 11.1 Å². The molecule has 2 rings (SSSR count). The van der Waals surface area contributed by atoms with Crippen LogP contribution in [0, 0.1) is 6.42 Å². The highest BCUT2D eigenvalue weighted by molar-refractivity contribution is 5.31. The van der Waals surface area contributed by atoms with E-state index in [0.29, 0.717) is 0 Å². The van der Waals surface area contributed by atoms with Crippen molar-refractivity contribution in [2.24, 2.45) is 0 Å². The van der Waals surface area contributed by atoms with E-state index in [-0.39, 0.29) is 0 Å². The quantitative estimate of drug-likeness (QED) is 0.446. The molecule has 0 aromatic heterocycles. The Bertz CT molecular complexity index is 103. The van der Waals surface area contributed by atoms with Gasteiger partial charge in [-0.05, 0) is 38.5 Å². The van der Waals surface area contributed by atoms with E-state index < -0.39 is 0 Å². The summed E-state index contributed by atoms with van der Waals surface area (Å²) in [5.74, 6) is 0. The van der Waals surface area contributed by atoms with Gasteiger partial charge in [0.1, 0.15) is 0 Å². The van der Waals surface area contributed by atoms with Crippen molar-refractivity contribution in [3.63, 3.8) is 0 Å². The Kier molecular flexibility index (Phi) is 0.927. The highest BCUT2D eigenvalue weighted by Crippen LogP contribution is 2.37. The summed E-state index contributed by atoms with van der Waals surface area (Å²) in [5, 5.41) is 0. The first-order chi connectivity index (χ1) is 3.97. The number of allylic oxidation sites excluding steroid dienone is 2. The van der Waals surface area contributed by atoms with Crippen LogP contribution < -0.4 is 0 Å². The molecule has 2 aliphatic carbocycles. The van der Waals surface area contributed by atoms with Crippen LogP contribution in [-0.4, -0.2) is 0 Å². The highest BCUT2D eigenvalue weighted by Gasteiger charge is 2.18. The second kappa shape index (κ2) is 1.61. The fourth-order valence-electron chi connectivity index (χ4n) is 1.78. The smallest absolute Gasteiger partial charge is 0.0132 e. The molecule has 0 spiro atoms. The summed E-state index contributed by atoms with van der Waals surface area (Å²) in [4.78, 5) is 0. The monoisotopic (exact) mass is 107 g/mol. The zero-order valence-electron chi connectivity index (χ0n) is 5.11. The first-order valence-electron chi connectivity index (χ1n) is 3.51. The van der Waals surface area contributed by atoms with E-state index in [4.69, 9.17) is 0 Å². The first kappa shape index (κ1) is 4.60. The van der Waals surface area contributed by atoms with E-state index in [9.17, 15) is 0 Å². The van der Waals surface area contributed by atoms with Gasteiger partial charge in [0.25, 0.3) is 0 Å². The van der Waals surface area contributed by atoms with Crippen LogP contribution in [0.5, 0.6) is 0 Å². The van der Waals surface area contributed by atoms with Crippen LogP contribution in [0.15, 0.2) is 11.1 Å². The van der Waals surface area contributed by atoms with Crippen LogP contribution in [0.2, 0.25) is 0 Å². The van der Waals surface area contributed by atoms with E-state index in [2.05, 4.69) is 6.42 Å². The van der Waals surface area contributed by atoms with Gasteiger partial charge in [0.2, 0.25) is 0 Å². The molecule has 1 radical (unpaired) electrons. The third-order valence-electron chi connectivity index (χ3n) is 2.22. The molecule has 0 unspecified atom stereocenters. The maximum Gasteiger partial charge on any atom is -0.0132 e. The lowest BCUT2D eigenvalue weighted by molar-refractivity contribution is 0.827. The van der Waals surface area contributed by atoms with Gasteiger partial charge < -0.3 is 0 Å². The Morgan fingerprint density at radius 1 is 1.12 bits per heavy atom. The Labute approximate surface area is 50.6 Å². The molecule has 0 atom stereocenters. The van der Waals surface area contributed by atoms with Crippen molar-refractivity contribution in [3.8, 4) is 0 Å². The topological polar surface area (TPSA) is 0 Å². The van der Waals surface area contributed by atoms with Gasteiger partial charge >= 0.3 is 0 Å². The molecule has 43 valence electrons. The SMILES string of the molecule is [CH]1CCC2=C1CCC2. The van der Waals surface area contributed by atoms with Crippen LogP contribution in [0.3, 0.4) is 0 Å². The van der Waals surface area contributed by atoms with Gasteiger partial charge in [0.05, 0.1) is 0 Å². The minimum Gasteiger partial charge on any atom is -0.0707 e. The van der Waals surface area contributed by atoms with Crippen LogP contribution in [0.4, 0.5) is 0 Å². The van der Waals surface area contributed by atoms with Crippen LogP contribution in [0.1, 0.15) is 32.1 Å². The van der Waals surface area contributed by atoms with Gasteiger partial charge in [0, 0.05) is 0 Å². The summed E-state index contributed by atoms with van der Waals surface area (Å²) in [5.41, 5.74) is 3.47. The normalized spacial score (nSPS) is 27.0. The third-order valence-corrected chi connectivity index (χ3v) is 2.22. The summed E-state index contributed by atoms with van der Waals surface area (Å²) in [6.07, 6.45) is 9.37. The molecule has 0 bridgehead atoms. The molecular weight excluding hydrogens is 96.1 g/mol. The molecule has 0 aromatic rings. The molecule has 0 amide bonds. The Balaban J connectivity index is 2.23. The Morgan fingerprint density at radius 3 is 3.00 bits per heavy atom. The Hall–Kier alpha value is -0.260. The number of hydrogen-bond acceptors (Lipinski definition) is 0. The fourth-order valence-corrected chi connectivity index (χ4v) is 1.78. The third kappa shape index (κ3) is 0.521. The predicted molar refractivity (Wildman–Crippen MR) is 34.4 cm³/mol. The second-order valence-electron chi connectivity index (χ2n) is 2.73. The van der Waals surface area contributed by atoms with Crippen molar-refractivity contribution in [1.82, 2.24) is 0 Å². The Morgan fingerprint density at radius 2 is 2.12 bits per heavy atom. The molecular formula is C8H11. The first-order valence-corrected chi connectivity index (χ1v) is 3.51. The molecule has 0 aromatic carbocycles. The van der Waals surface area contributed by atoms with E-state index >= 15 is 0 Å². The summed E-state index contributed by atoms with van der Waals surface area (Å²) >= 11 is 0. The molecule has 0 heteroatoms. The molecule has 8 heavy (non-hydrogen) atoms. The van der Waals surface area contributed by atoms with Gasteiger partial charge in [-0.2, -0.15) is 0 Å². The van der Waals surface area contributed by atoms with Gasteiger partial charge in [-0.3, -0.25) is 0 Å². The lowest BCUT2D eigenvalue weighted by Crippen LogP contribution is -1.72. The van der Waals surface area contributed by atoms with Crippen molar-refractivity contribution < 1.29 is 0 Å².